The summed E-state index contributed by atoms with van der Waals surface area (Å²) in [4.78, 5) is 25.7. The number of nitrogens with zero attached hydrogens (tertiary/aromatic N) is 2. The number of piperazine rings is 1. The second-order valence-corrected chi connectivity index (χ2v) is 9.93. The predicted octanol–water partition coefficient (Wildman–Crippen LogP) is 1.81. The van der Waals surface area contributed by atoms with Crippen LogP contribution in [0.25, 0.3) is 0 Å². The summed E-state index contributed by atoms with van der Waals surface area (Å²) < 4.78 is 31.8. The molecule has 0 unspecified atom stereocenters. The van der Waals surface area contributed by atoms with Gasteiger partial charge in [0.15, 0.2) is 6.61 Å². The molecule has 1 fully saturated rings. The summed E-state index contributed by atoms with van der Waals surface area (Å²) in [7, 11) is -3.56. The Morgan fingerprint density at radius 1 is 1.04 bits per heavy atom. The molecule has 1 saturated heterocycles. The van der Waals surface area contributed by atoms with Crippen molar-refractivity contribution < 1.29 is 22.7 Å². The zero-order valence-electron chi connectivity index (χ0n) is 16.4. The minimum Gasteiger partial charge on any atom is -0.456 e. The van der Waals surface area contributed by atoms with Crippen molar-refractivity contribution in [2.24, 2.45) is 5.41 Å². The SMILES string of the molecule is Cc1ccc(S(=O)(=O)N2CCN(C(=O)COC(=O)CC(C)(C)C)CC2)cc1. The molecule has 1 amide bonds. The fraction of sp³-hybridized carbons (Fsp3) is 0.579. The second kappa shape index (κ2) is 8.39. The molecule has 1 aromatic carbocycles. The lowest BCUT2D eigenvalue weighted by atomic mass is 9.92. The van der Waals surface area contributed by atoms with Crippen LogP contribution in [0.2, 0.25) is 0 Å². The van der Waals surface area contributed by atoms with Crippen LogP contribution in [0.15, 0.2) is 29.2 Å². The van der Waals surface area contributed by atoms with Gasteiger partial charge >= 0.3 is 5.97 Å². The Hall–Kier alpha value is -1.93. The predicted molar refractivity (Wildman–Crippen MR) is 102 cm³/mol. The van der Waals surface area contributed by atoms with Crippen LogP contribution in [0, 0.1) is 12.3 Å². The van der Waals surface area contributed by atoms with Crippen LogP contribution in [-0.4, -0.2) is 62.3 Å². The number of rotatable bonds is 5. The molecule has 0 bridgehead atoms. The number of aryl methyl sites for hydroxylation is 1. The maximum Gasteiger partial charge on any atom is 0.306 e. The van der Waals surface area contributed by atoms with Gasteiger partial charge in [-0.1, -0.05) is 38.5 Å². The number of sulfonamides is 1. The van der Waals surface area contributed by atoms with Crippen LogP contribution in [0.4, 0.5) is 0 Å². The minimum atomic E-state index is -3.56. The van der Waals surface area contributed by atoms with E-state index in [1.54, 1.807) is 24.3 Å². The molecule has 7 nitrogen and oxygen atoms in total. The Labute approximate surface area is 161 Å². The first-order valence-electron chi connectivity index (χ1n) is 8.99. The zero-order chi connectivity index (χ0) is 20.2. The standard InChI is InChI=1S/C19H28N2O5S/c1-15-5-7-16(8-6-15)27(24,25)21-11-9-20(10-12-21)17(22)14-26-18(23)13-19(2,3)4/h5-8H,9-14H2,1-4H3. The molecule has 0 spiro atoms. The number of hydrogen-bond acceptors (Lipinski definition) is 5. The Balaban J connectivity index is 1.86. The molecule has 0 saturated carbocycles. The molecule has 0 N–H and O–H groups in total. The highest BCUT2D eigenvalue weighted by Crippen LogP contribution is 2.20. The third-order valence-electron chi connectivity index (χ3n) is 4.28. The molecule has 0 aromatic heterocycles. The fourth-order valence-corrected chi connectivity index (χ4v) is 4.18. The minimum absolute atomic E-state index is 0.198. The van der Waals surface area contributed by atoms with Crippen molar-refractivity contribution in [2.75, 3.05) is 32.8 Å². The van der Waals surface area contributed by atoms with Crippen molar-refractivity contribution >= 4 is 21.9 Å². The van der Waals surface area contributed by atoms with Crippen molar-refractivity contribution in [3.05, 3.63) is 29.8 Å². The smallest absolute Gasteiger partial charge is 0.306 e. The Kier molecular flexibility index (Phi) is 6.64. The molecular weight excluding hydrogens is 368 g/mol. The van der Waals surface area contributed by atoms with Gasteiger partial charge in [-0.05, 0) is 24.5 Å². The Morgan fingerprint density at radius 3 is 2.11 bits per heavy atom. The van der Waals surface area contributed by atoms with Gasteiger partial charge in [-0.25, -0.2) is 8.42 Å². The highest BCUT2D eigenvalue weighted by Gasteiger charge is 2.30. The van der Waals surface area contributed by atoms with Crippen molar-refractivity contribution in [1.29, 1.82) is 0 Å². The summed E-state index contributed by atoms with van der Waals surface area (Å²) >= 11 is 0. The largest absolute Gasteiger partial charge is 0.456 e. The van der Waals surface area contributed by atoms with Crippen molar-refractivity contribution in [1.82, 2.24) is 9.21 Å². The number of carbonyl (C=O) groups is 2. The highest BCUT2D eigenvalue weighted by atomic mass is 32.2. The molecule has 1 aliphatic rings. The van der Waals surface area contributed by atoms with E-state index in [9.17, 15) is 18.0 Å². The molecule has 150 valence electrons. The summed E-state index contributed by atoms with van der Waals surface area (Å²) in [5.74, 6) is -0.707. The molecular formula is C19H28N2O5S. The number of esters is 1. The molecule has 0 aliphatic carbocycles. The quantitative estimate of drug-likeness (QED) is 0.709. The van der Waals surface area contributed by atoms with E-state index in [0.717, 1.165) is 5.56 Å². The molecule has 0 atom stereocenters. The first-order chi connectivity index (χ1) is 12.5. The van der Waals surface area contributed by atoms with Gasteiger partial charge in [0.1, 0.15) is 0 Å². The summed E-state index contributed by atoms with van der Waals surface area (Å²) in [6, 6.07) is 6.71. The summed E-state index contributed by atoms with van der Waals surface area (Å²) in [6.07, 6.45) is 0.239. The third-order valence-corrected chi connectivity index (χ3v) is 6.19. The number of benzene rings is 1. The van der Waals surface area contributed by atoms with E-state index >= 15 is 0 Å². The van der Waals surface area contributed by atoms with Crippen molar-refractivity contribution in [2.45, 2.75) is 39.0 Å². The summed E-state index contributed by atoms with van der Waals surface area (Å²) in [6.45, 7) is 8.35. The van der Waals surface area contributed by atoms with Crippen LogP contribution in [-0.2, 0) is 24.3 Å². The van der Waals surface area contributed by atoms with Crippen LogP contribution in [0.1, 0.15) is 32.8 Å². The van der Waals surface area contributed by atoms with E-state index in [0.29, 0.717) is 0 Å². The lowest BCUT2D eigenvalue weighted by Gasteiger charge is -2.34. The molecule has 8 heteroatoms. The van der Waals surface area contributed by atoms with E-state index in [4.69, 9.17) is 4.74 Å². The monoisotopic (exact) mass is 396 g/mol. The van der Waals surface area contributed by atoms with Crippen LogP contribution < -0.4 is 0 Å². The van der Waals surface area contributed by atoms with Crippen LogP contribution >= 0.6 is 0 Å². The van der Waals surface area contributed by atoms with Gasteiger partial charge in [0.25, 0.3) is 5.91 Å². The molecule has 1 aromatic rings. The van der Waals surface area contributed by atoms with Crippen molar-refractivity contribution in [3.63, 3.8) is 0 Å². The number of ether oxygens (including phenoxy) is 1. The first kappa shape index (κ1) is 21.4. The van der Waals surface area contributed by atoms with Gasteiger partial charge in [0, 0.05) is 26.2 Å². The molecule has 2 rings (SSSR count). The van der Waals surface area contributed by atoms with Gasteiger partial charge in [0.05, 0.1) is 11.3 Å². The normalized spacial score (nSPS) is 16.2. The van der Waals surface area contributed by atoms with Crippen molar-refractivity contribution in [3.8, 4) is 0 Å². The van der Waals surface area contributed by atoms with Gasteiger partial charge in [-0.2, -0.15) is 4.31 Å². The topological polar surface area (TPSA) is 84.0 Å². The maximum absolute atomic E-state index is 12.7. The van der Waals surface area contributed by atoms with E-state index in [1.165, 1.54) is 9.21 Å². The fourth-order valence-electron chi connectivity index (χ4n) is 2.75. The average molecular weight is 397 g/mol. The lowest BCUT2D eigenvalue weighted by molar-refractivity contribution is -0.154. The van der Waals surface area contributed by atoms with E-state index in [-0.39, 0.29) is 55.4 Å². The molecule has 1 heterocycles. The summed E-state index contributed by atoms with van der Waals surface area (Å²) in [5, 5.41) is 0. The van der Waals surface area contributed by atoms with Gasteiger partial charge in [-0.15, -0.1) is 0 Å². The number of amides is 1. The molecule has 0 radical (unpaired) electrons. The van der Waals surface area contributed by atoms with E-state index in [2.05, 4.69) is 0 Å². The maximum atomic E-state index is 12.7. The van der Waals surface area contributed by atoms with Crippen LogP contribution in [0.5, 0.6) is 0 Å². The second-order valence-electron chi connectivity index (χ2n) is 8.00. The zero-order valence-corrected chi connectivity index (χ0v) is 17.2. The lowest BCUT2D eigenvalue weighted by Crippen LogP contribution is -2.51. The molecule has 27 heavy (non-hydrogen) atoms. The third kappa shape index (κ3) is 6.04. The highest BCUT2D eigenvalue weighted by molar-refractivity contribution is 7.89. The first-order valence-corrected chi connectivity index (χ1v) is 10.4. The average Bonchev–Trinajstić information content (AvgIpc) is 2.58. The van der Waals surface area contributed by atoms with Gasteiger partial charge in [0.2, 0.25) is 10.0 Å². The molecule has 1 aliphatic heterocycles. The van der Waals surface area contributed by atoms with Crippen LogP contribution in [0.3, 0.4) is 0 Å². The van der Waals surface area contributed by atoms with Gasteiger partial charge in [-0.3, -0.25) is 9.59 Å². The van der Waals surface area contributed by atoms with Gasteiger partial charge < -0.3 is 9.64 Å². The number of hydrogen-bond donors (Lipinski definition) is 0. The summed E-state index contributed by atoms with van der Waals surface area (Å²) in [5.41, 5.74) is 0.793. The Morgan fingerprint density at radius 2 is 1.59 bits per heavy atom. The van der Waals surface area contributed by atoms with E-state index < -0.39 is 16.0 Å². The number of carbonyl (C=O) groups excluding carboxylic acids is 2. The Bertz CT molecular complexity index is 773. The van der Waals surface area contributed by atoms with E-state index in [1.807, 2.05) is 27.7 Å².